The molecule has 2 fully saturated rings. The van der Waals surface area contributed by atoms with Crippen molar-refractivity contribution >= 4 is 15.9 Å². The van der Waals surface area contributed by atoms with Crippen LogP contribution in [0.2, 0.25) is 0 Å². The fraction of sp³-hybridized carbons (Fsp3) is 0.588. The molecule has 144 valence electrons. The number of nitrogens with one attached hydrogen (secondary N) is 1. The third-order valence-corrected chi connectivity index (χ3v) is 7.01. The number of halogens is 2. The number of piperidine rings is 1. The Balaban J connectivity index is 1.68. The van der Waals surface area contributed by atoms with Gasteiger partial charge in [-0.3, -0.25) is 4.79 Å². The van der Waals surface area contributed by atoms with Gasteiger partial charge in [-0.25, -0.2) is 17.2 Å². The van der Waals surface area contributed by atoms with Crippen molar-refractivity contribution in [2.45, 2.75) is 30.7 Å². The van der Waals surface area contributed by atoms with Crippen LogP contribution in [0.5, 0.6) is 0 Å². The van der Waals surface area contributed by atoms with Crippen LogP contribution in [0.1, 0.15) is 19.8 Å². The summed E-state index contributed by atoms with van der Waals surface area (Å²) in [4.78, 5) is 13.9. The van der Waals surface area contributed by atoms with Crippen molar-refractivity contribution in [3.05, 3.63) is 29.8 Å². The average Bonchev–Trinajstić information content (AvgIpc) is 2.63. The third kappa shape index (κ3) is 3.74. The topological polar surface area (TPSA) is 69.7 Å². The van der Waals surface area contributed by atoms with Crippen molar-refractivity contribution in [1.29, 1.82) is 0 Å². The summed E-state index contributed by atoms with van der Waals surface area (Å²) in [5.41, 5.74) is 0. The average molecular weight is 387 g/mol. The summed E-state index contributed by atoms with van der Waals surface area (Å²) in [6.45, 7) is 4.37. The highest BCUT2D eigenvalue weighted by Gasteiger charge is 2.36. The second-order valence-corrected chi connectivity index (χ2v) is 8.74. The maximum absolute atomic E-state index is 13.9. The molecule has 2 aliphatic rings. The molecule has 6 nitrogen and oxygen atoms in total. The zero-order chi connectivity index (χ0) is 18.9. The highest BCUT2D eigenvalue weighted by molar-refractivity contribution is 7.89. The number of nitrogens with zero attached hydrogens (tertiary/aromatic N) is 2. The molecule has 1 atom stereocenters. The Hall–Kier alpha value is -1.58. The van der Waals surface area contributed by atoms with Gasteiger partial charge in [0.15, 0.2) is 0 Å². The number of sulfonamides is 1. The van der Waals surface area contributed by atoms with E-state index >= 15 is 0 Å². The Morgan fingerprint density at radius 3 is 2.54 bits per heavy atom. The van der Waals surface area contributed by atoms with E-state index in [0.717, 1.165) is 29.5 Å². The van der Waals surface area contributed by atoms with Crippen molar-refractivity contribution in [3.8, 4) is 0 Å². The first-order chi connectivity index (χ1) is 12.3. The maximum Gasteiger partial charge on any atom is 0.246 e. The number of piperazine rings is 1. The molecule has 1 amide bonds. The summed E-state index contributed by atoms with van der Waals surface area (Å²) in [5.74, 6) is -1.96. The van der Waals surface area contributed by atoms with Gasteiger partial charge in [-0.05, 0) is 38.0 Å². The number of benzene rings is 1. The molecular weight excluding hydrogens is 364 g/mol. The number of carbonyl (C=O) groups excluding carboxylic acids is 1. The predicted molar refractivity (Wildman–Crippen MR) is 91.9 cm³/mol. The van der Waals surface area contributed by atoms with Crippen LogP contribution < -0.4 is 5.32 Å². The van der Waals surface area contributed by atoms with E-state index in [4.69, 9.17) is 0 Å². The Bertz CT molecular complexity index is 779. The molecule has 3 rings (SSSR count). The van der Waals surface area contributed by atoms with Gasteiger partial charge in [-0.15, -0.1) is 0 Å². The first-order valence-electron chi connectivity index (χ1n) is 8.77. The van der Waals surface area contributed by atoms with Crippen molar-refractivity contribution in [2.24, 2.45) is 5.92 Å². The standard InChI is InChI=1S/C17H23F2N3O3S/c1-12-11-20-6-9-22(12)17(23)13-4-7-21(8-5-13)26(24,25)16-10-14(18)2-3-15(16)19/h2-3,10,12-13,20H,4-9,11H2,1H3. The fourth-order valence-corrected chi connectivity index (χ4v) is 5.11. The first kappa shape index (κ1) is 19.2. The van der Waals surface area contributed by atoms with Crippen molar-refractivity contribution in [3.63, 3.8) is 0 Å². The Kier molecular flexibility index (Phi) is 5.59. The quantitative estimate of drug-likeness (QED) is 0.846. The highest BCUT2D eigenvalue weighted by Crippen LogP contribution is 2.27. The van der Waals surface area contributed by atoms with Crippen LogP contribution in [0.4, 0.5) is 8.78 Å². The van der Waals surface area contributed by atoms with Crippen LogP contribution in [0.25, 0.3) is 0 Å². The van der Waals surface area contributed by atoms with Crippen LogP contribution in [-0.2, 0) is 14.8 Å². The van der Waals surface area contributed by atoms with E-state index in [-0.39, 0.29) is 31.0 Å². The maximum atomic E-state index is 13.9. The van der Waals surface area contributed by atoms with E-state index in [1.54, 1.807) is 0 Å². The predicted octanol–water partition coefficient (Wildman–Crippen LogP) is 1.19. The molecule has 0 saturated carbocycles. The lowest BCUT2D eigenvalue weighted by Gasteiger charge is -2.38. The number of amides is 1. The van der Waals surface area contributed by atoms with Gasteiger partial charge in [0.05, 0.1) is 0 Å². The number of rotatable bonds is 3. The minimum absolute atomic E-state index is 0.0491. The second-order valence-electron chi connectivity index (χ2n) is 6.84. The summed E-state index contributed by atoms with van der Waals surface area (Å²) < 4.78 is 53.6. The van der Waals surface area contributed by atoms with E-state index < -0.39 is 26.6 Å². The van der Waals surface area contributed by atoms with Gasteiger partial charge in [0.2, 0.25) is 15.9 Å². The van der Waals surface area contributed by atoms with Crippen LogP contribution in [0.15, 0.2) is 23.1 Å². The van der Waals surface area contributed by atoms with Crippen molar-refractivity contribution < 1.29 is 22.0 Å². The summed E-state index contributed by atoms with van der Waals surface area (Å²) in [5, 5.41) is 3.23. The molecule has 2 aliphatic heterocycles. The molecule has 26 heavy (non-hydrogen) atoms. The van der Waals surface area contributed by atoms with Gasteiger partial charge in [-0.1, -0.05) is 0 Å². The van der Waals surface area contributed by atoms with E-state index in [0.29, 0.717) is 25.5 Å². The van der Waals surface area contributed by atoms with Crippen LogP contribution in [0.3, 0.4) is 0 Å². The molecule has 1 unspecified atom stereocenters. The van der Waals surface area contributed by atoms with Gasteiger partial charge in [0.25, 0.3) is 0 Å². The zero-order valence-electron chi connectivity index (χ0n) is 14.6. The van der Waals surface area contributed by atoms with E-state index in [9.17, 15) is 22.0 Å². The summed E-state index contributed by atoms with van der Waals surface area (Å²) in [6.07, 6.45) is 0.761. The van der Waals surface area contributed by atoms with E-state index in [1.165, 1.54) is 0 Å². The molecule has 1 aromatic rings. The van der Waals surface area contributed by atoms with Gasteiger partial charge < -0.3 is 10.2 Å². The Labute approximate surface area is 152 Å². The van der Waals surface area contributed by atoms with Crippen molar-refractivity contribution in [1.82, 2.24) is 14.5 Å². The molecule has 0 bridgehead atoms. The van der Waals surface area contributed by atoms with Crippen LogP contribution in [0, 0.1) is 17.6 Å². The first-order valence-corrected chi connectivity index (χ1v) is 10.2. The number of hydrogen-bond acceptors (Lipinski definition) is 4. The van der Waals surface area contributed by atoms with Gasteiger partial charge in [0.1, 0.15) is 16.5 Å². The molecule has 1 aromatic carbocycles. The monoisotopic (exact) mass is 387 g/mol. The third-order valence-electron chi connectivity index (χ3n) is 5.10. The van der Waals surface area contributed by atoms with E-state index in [1.807, 2.05) is 11.8 Å². The number of hydrogen-bond donors (Lipinski definition) is 1. The number of carbonyl (C=O) groups is 1. The molecule has 2 saturated heterocycles. The molecule has 0 radical (unpaired) electrons. The Morgan fingerprint density at radius 2 is 1.88 bits per heavy atom. The summed E-state index contributed by atoms with van der Waals surface area (Å²) >= 11 is 0. The lowest BCUT2D eigenvalue weighted by atomic mass is 9.95. The summed E-state index contributed by atoms with van der Waals surface area (Å²) in [7, 11) is -4.12. The molecule has 2 heterocycles. The minimum atomic E-state index is -4.12. The van der Waals surface area contributed by atoms with Crippen LogP contribution >= 0.6 is 0 Å². The second kappa shape index (κ2) is 7.58. The molecule has 9 heteroatoms. The van der Waals surface area contributed by atoms with E-state index in [2.05, 4.69) is 5.32 Å². The van der Waals surface area contributed by atoms with Gasteiger partial charge in [0, 0.05) is 44.7 Å². The highest BCUT2D eigenvalue weighted by atomic mass is 32.2. The van der Waals surface area contributed by atoms with Gasteiger partial charge in [-0.2, -0.15) is 4.31 Å². The normalized spacial score (nSPS) is 23.2. The lowest BCUT2D eigenvalue weighted by molar-refractivity contribution is -0.139. The SMILES string of the molecule is CC1CNCCN1C(=O)C1CCN(S(=O)(=O)c2cc(F)ccc2F)CC1. The smallest absolute Gasteiger partial charge is 0.246 e. The van der Waals surface area contributed by atoms with Crippen LogP contribution in [-0.4, -0.2) is 62.3 Å². The lowest BCUT2D eigenvalue weighted by Crippen LogP contribution is -2.55. The Morgan fingerprint density at radius 1 is 1.19 bits per heavy atom. The zero-order valence-corrected chi connectivity index (χ0v) is 15.4. The largest absolute Gasteiger partial charge is 0.337 e. The summed E-state index contributed by atoms with van der Waals surface area (Å²) in [6, 6.07) is 2.50. The van der Waals surface area contributed by atoms with Gasteiger partial charge >= 0.3 is 0 Å². The molecule has 0 spiro atoms. The molecule has 1 N–H and O–H groups in total. The molecular formula is C17H23F2N3O3S. The molecule has 0 aliphatic carbocycles. The molecule has 0 aromatic heterocycles. The van der Waals surface area contributed by atoms with Crippen molar-refractivity contribution in [2.75, 3.05) is 32.7 Å². The fourth-order valence-electron chi connectivity index (χ4n) is 3.56. The minimum Gasteiger partial charge on any atom is -0.337 e.